The number of carbonyl (C=O) groups excluding carboxylic acids is 1. The number of alkyl halides is 9. The molecule has 1 aliphatic rings. The summed E-state index contributed by atoms with van der Waals surface area (Å²) in [5, 5.41) is 0. The van der Waals surface area contributed by atoms with Crippen LogP contribution in [0.25, 0.3) is 0 Å². The molecular formula is C20H13F9INO3. The first-order valence-corrected chi connectivity index (χ1v) is 10.3. The molecule has 0 saturated carbocycles. The van der Waals surface area contributed by atoms with Crippen LogP contribution in [0.4, 0.5) is 44.3 Å². The molecule has 1 fully saturated rings. The molecule has 0 N–H and O–H groups in total. The molecule has 2 atom stereocenters. The fraction of sp³-hybridized carbons (Fsp3) is 0.350. The smallest absolute Gasteiger partial charge is 0.439 e. The zero-order chi connectivity index (χ0) is 25.6. The predicted octanol–water partition coefficient (Wildman–Crippen LogP) is 7.31. The van der Waals surface area contributed by atoms with Gasteiger partial charge in [0.1, 0.15) is 11.9 Å². The summed E-state index contributed by atoms with van der Waals surface area (Å²) in [5.74, 6) is -0.563. The lowest BCUT2D eigenvalue weighted by atomic mass is 9.97. The van der Waals surface area contributed by atoms with Crippen LogP contribution in [-0.2, 0) is 23.6 Å². The highest BCUT2D eigenvalue weighted by molar-refractivity contribution is 14.1. The van der Waals surface area contributed by atoms with Crippen molar-refractivity contribution in [1.29, 1.82) is 0 Å². The Morgan fingerprint density at radius 1 is 0.941 bits per heavy atom. The Balaban J connectivity index is 1.93. The summed E-state index contributed by atoms with van der Waals surface area (Å²) in [6, 6.07) is 3.22. The van der Waals surface area contributed by atoms with E-state index in [-0.39, 0.29) is 18.2 Å². The highest BCUT2D eigenvalue weighted by Crippen LogP contribution is 2.41. The van der Waals surface area contributed by atoms with Crippen LogP contribution in [0, 0.1) is 3.57 Å². The molecule has 3 rings (SSSR count). The van der Waals surface area contributed by atoms with Crippen molar-refractivity contribution in [2.24, 2.45) is 0 Å². The fourth-order valence-corrected chi connectivity index (χ4v) is 3.86. The molecule has 0 aromatic heterocycles. The molecule has 34 heavy (non-hydrogen) atoms. The van der Waals surface area contributed by atoms with E-state index >= 15 is 0 Å². The van der Waals surface area contributed by atoms with Crippen LogP contribution < -0.4 is 4.74 Å². The minimum absolute atomic E-state index is 0.0444. The average Bonchev–Trinajstić information content (AvgIpc) is 2.96. The number of hydrogen-bond acceptors (Lipinski definition) is 3. The van der Waals surface area contributed by atoms with Crippen molar-refractivity contribution in [3.63, 3.8) is 0 Å². The van der Waals surface area contributed by atoms with Gasteiger partial charge in [-0.2, -0.15) is 26.3 Å². The Labute approximate surface area is 199 Å². The van der Waals surface area contributed by atoms with Crippen molar-refractivity contribution in [3.05, 3.63) is 62.2 Å². The second kappa shape index (κ2) is 9.00. The predicted molar refractivity (Wildman–Crippen MR) is 107 cm³/mol. The van der Waals surface area contributed by atoms with E-state index < -0.39 is 59.4 Å². The number of ether oxygens (including phenoxy) is 2. The van der Waals surface area contributed by atoms with Crippen LogP contribution in [-0.4, -0.2) is 23.4 Å². The van der Waals surface area contributed by atoms with Crippen LogP contribution in [0.1, 0.15) is 35.3 Å². The molecule has 1 heterocycles. The molecule has 0 spiro atoms. The van der Waals surface area contributed by atoms with Gasteiger partial charge in [-0.3, -0.25) is 4.90 Å². The zero-order valence-corrected chi connectivity index (χ0v) is 18.9. The first-order valence-electron chi connectivity index (χ1n) is 9.26. The Morgan fingerprint density at radius 3 is 2.00 bits per heavy atom. The normalized spacial score (nSPS) is 19.4. The molecule has 0 bridgehead atoms. The number of benzene rings is 2. The summed E-state index contributed by atoms with van der Waals surface area (Å²) >= 11 is 1.79. The lowest BCUT2D eigenvalue weighted by Crippen LogP contribution is -2.32. The number of nitrogens with zero attached hydrogens (tertiary/aromatic N) is 1. The summed E-state index contributed by atoms with van der Waals surface area (Å²) in [5.41, 5.74) is -3.45. The number of carbonyl (C=O) groups is 1. The fourth-order valence-electron chi connectivity index (χ4n) is 3.36. The van der Waals surface area contributed by atoms with Crippen molar-refractivity contribution in [3.8, 4) is 5.75 Å². The lowest BCUT2D eigenvalue weighted by Gasteiger charge is -2.23. The van der Waals surface area contributed by atoms with E-state index in [2.05, 4.69) is 4.74 Å². The van der Waals surface area contributed by atoms with Crippen LogP contribution >= 0.6 is 22.6 Å². The van der Waals surface area contributed by atoms with Crippen molar-refractivity contribution >= 4 is 28.7 Å². The number of cyclic esters (lactones) is 1. The Morgan fingerprint density at radius 2 is 1.50 bits per heavy atom. The quantitative estimate of drug-likeness (QED) is 0.268. The Bertz CT molecular complexity index is 1050. The van der Waals surface area contributed by atoms with Gasteiger partial charge in [0.25, 0.3) is 0 Å². The second-order valence-electron chi connectivity index (χ2n) is 7.31. The number of hydrogen-bond donors (Lipinski definition) is 0. The van der Waals surface area contributed by atoms with E-state index in [1.54, 1.807) is 22.6 Å². The number of amides is 1. The summed E-state index contributed by atoms with van der Waals surface area (Å²) in [7, 11) is 0. The SMILES string of the molecule is CC1C(c2cc(C(F)(F)F)cc(C(F)(F)F)c2)OC(=O)N1Cc1cc(OC(F)(F)F)ccc1I. The van der Waals surface area contributed by atoms with Crippen LogP contribution in [0.5, 0.6) is 5.75 Å². The molecule has 186 valence electrons. The summed E-state index contributed by atoms with van der Waals surface area (Å²) in [6.07, 6.45) is -17.7. The molecule has 2 aromatic rings. The topological polar surface area (TPSA) is 38.8 Å². The maximum atomic E-state index is 13.2. The van der Waals surface area contributed by atoms with Gasteiger partial charge < -0.3 is 9.47 Å². The second-order valence-corrected chi connectivity index (χ2v) is 8.48. The molecule has 2 aromatic carbocycles. The largest absolute Gasteiger partial charge is 0.573 e. The highest BCUT2D eigenvalue weighted by atomic mass is 127. The van der Waals surface area contributed by atoms with Crippen molar-refractivity contribution < 1.29 is 53.8 Å². The van der Waals surface area contributed by atoms with Gasteiger partial charge in [-0.25, -0.2) is 4.79 Å². The van der Waals surface area contributed by atoms with Crippen molar-refractivity contribution in [2.75, 3.05) is 0 Å². The van der Waals surface area contributed by atoms with Crippen molar-refractivity contribution in [2.45, 2.75) is 44.3 Å². The molecule has 2 unspecified atom stereocenters. The Hall–Kier alpha value is -2.39. The number of halogens is 10. The monoisotopic (exact) mass is 613 g/mol. The summed E-state index contributed by atoms with van der Waals surface area (Å²) in [6.45, 7) is 1.01. The third-order valence-corrected chi connectivity index (χ3v) is 5.97. The van der Waals surface area contributed by atoms with Gasteiger partial charge in [0.05, 0.1) is 23.7 Å². The van der Waals surface area contributed by atoms with Gasteiger partial charge in [0, 0.05) is 3.57 Å². The van der Waals surface area contributed by atoms with E-state index in [9.17, 15) is 44.3 Å². The van der Waals surface area contributed by atoms with Gasteiger partial charge in [0.2, 0.25) is 0 Å². The maximum absolute atomic E-state index is 13.2. The van der Waals surface area contributed by atoms with Gasteiger partial charge in [0.15, 0.2) is 0 Å². The Kier molecular flexibility index (Phi) is 6.94. The first kappa shape index (κ1) is 26.2. The third-order valence-electron chi connectivity index (χ3n) is 4.92. The van der Waals surface area contributed by atoms with Crippen LogP contribution in [0.15, 0.2) is 36.4 Å². The molecule has 1 aliphatic heterocycles. The van der Waals surface area contributed by atoms with Gasteiger partial charge in [-0.05, 0) is 77.0 Å². The van der Waals surface area contributed by atoms with E-state index in [0.29, 0.717) is 15.7 Å². The molecule has 14 heteroatoms. The molecule has 4 nitrogen and oxygen atoms in total. The standard InChI is InChI=1S/C20H13F9INO3/c1-9-16(10-4-12(18(21,22)23)7-13(5-10)19(24,25)26)33-17(32)31(9)8-11-6-14(2-3-15(11)30)34-20(27,28)29/h2-7,9,16H,8H2,1H3. The van der Waals surface area contributed by atoms with Gasteiger partial charge >= 0.3 is 24.8 Å². The lowest BCUT2D eigenvalue weighted by molar-refractivity contribution is -0.274. The molecule has 0 aliphatic carbocycles. The minimum atomic E-state index is -5.09. The first-order chi connectivity index (χ1) is 15.5. The highest BCUT2D eigenvalue weighted by Gasteiger charge is 2.43. The summed E-state index contributed by atoms with van der Waals surface area (Å²) < 4.78 is 126. The minimum Gasteiger partial charge on any atom is -0.439 e. The third kappa shape index (κ3) is 5.99. The van der Waals surface area contributed by atoms with E-state index in [4.69, 9.17) is 4.74 Å². The molecule has 0 radical (unpaired) electrons. The zero-order valence-electron chi connectivity index (χ0n) is 16.8. The van der Waals surface area contributed by atoms with Gasteiger partial charge in [-0.15, -0.1) is 13.2 Å². The maximum Gasteiger partial charge on any atom is 0.573 e. The van der Waals surface area contributed by atoms with Crippen LogP contribution in [0.3, 0.4) is 0 Å². The summed E-state index contributed by atoms with van der Waals surface area (Å²) in [4.78, 5) is 13.4. The average molecular weight is 613 g/mol. The van der Waals surface area contributed by atoms with Crippen molar-refractivity contribution in [1.82, 2.24) is 4.90 Å². The molecular weight excluding hydrogens is 600 g/mol. The van der Waals surface area contributed by atoms with E-state index in [0.717, 1.165) is 17.0 Å². The number of rotatable bonds is 4. The van der Waals surface area contributed by atoms with E-state index in [1.165, 1.54) is 13.0 Å². The van der Waals surface area contributed by atoms with E-state index in [1.807, 2.05) is 0 Å². The van der Waals surface area contributed by atoms with Crippen LogP contribution in [0.2, 0.25) is 0 Å². The van der Waals surface area contributed by atoms with Gasteiger partial charge in [-0.1, -0.05) is 0 Å². The molecule has 1 saturated heterocycles. The molecule has 1 amide bonds.